The number of aromatic nitrogens is 2. The molecule has 5 saturated carbocycles. The summed E-state index contributed by atoms with van der Waals surface area (Å²) in [7, 11) is 0. The first-order chi connectivity index (χ1) is 14.9. The Morgan fingerprint density at radius 2 is 1.81 bits per heavy atom. The number of carboxylic acid groups (broad SMARTS) is 1. The van der Waals surface area contributed by atoms with Crippen molar-refractivity contribution in [2.24, 2.45) is 29.6 Å². The molecule has 1 atom stereocenters. The Kier molecular flexibility index (Phi) is 4.25. The van der Waals surface area contributed by atoms with Gasteiger partial charge in [-0.05, 0) is 81.1 Å². The lowest BCUT2D eigenvalue weighted by Crippen LogP contribution is -2.55. The van der Waals surface area contributed by atoms with Crippen molar-refractivity contribution >= 4 is 17.6 Å². The molecule has 31 heavy (non-hydrogen) atoms. The fourth-order valence-electron chi connectivity index (χ4n) is 7.05. The first-order valence-corrected chi connectivity index (χ1v) is 11.9. The van der Waals surface area contributed by atoms with Crippen LogP contribution in [-0.4, -0.2) is 32.8 Å². The van der Waals surface area contributed by atoms with Crippen molar-refractivity contribution in [3.8, 4) is 0 Å². The fraction of sp³-hybridized carbons (Fsp3) is 0.640. The average molecular weight is 422 g/mol. The number of hydrogen-bond donors (Lipinski definition) is 2. The molecule has 5 fully saturated rings. The minimum absolute atomic E-state index is 0.0237. The second kappa shape index (κ2) is 6.81. The molecule has 0 aliphatic heterocycles. The van der Waals surface area contributed by atoms with E-state index in [4.69, 9.17) is 0 Å². The van der Waals surface area contributed by atoms with Gasteiger partial charge in [-0.3, -0.25) is 9.59 Å². The first kappa shape index (κ1) is 19.3. The Labute approximate surface area is 182 Å². The van der Waals surface area contributed by atoms with Gasteiger partial charge in [-0.25, -0.2) is 4.68 Å². The number of carboxylic acids is 1. The van der Waals surface area contributed by atoms with E-state index < -0.39 is 11.9 Å². The monoisotopic (exact) mass is 421 g/mol. The van der Waals surface area contributed by atoms with Gasteiger partial charge in [0, 0.05) is 11.5 Å². The highest BCUT2D eigenvalue weighted by Gasteiger charge is 2.50. The third kappa shape index (κ3) is 3.17. The molecule has 6 aliphatic rings. The number of allylic oxidation sites excluding steroid dienone is 3. The SMILES string of the molecule is CC1(c2c(C(=O)NC3C4CC5CC(C4)CC3C5)cnn2C2=CCC(C(=O)O)C=C2)CC1. The highest BCUT2D eigenvalue weighted by molar-refractivity contribution is 5.96. The fourth-order valence-corrected chi connectivity index (χ4v) is 7.05. The largest absolute Gasteiger partial charge is 0.481 e. The summed E-state index contributed by atoms with van der Waals surface area (Å²) in [6, 6.07) is 0.314. The molecule has 1 amide bonds. The van der Waals surface area contributed by atoms with E-state index in [1.165, 1.54) is 32.1 Å². The van der Waals surface area contributed by atoms with E-state index in [-0.39, 0.29) is 11.3 Å². The first-order valence-electron chi connectivity index (χ1n) is 11.9. The number of nitrogens with one attached hydrogen (secondary N) is 1. The molecule has 4 bridgehead atoms. The molecular formula is C25H31N3O3. The Bertz CT molecular complexity index is 972. The van der Waals surface area contributed by atoms with Gasteiger partial charge in [0.1, 0.15) is 0 Å². The minimum atomic E-state index is -0.808. The van der Waals surface area contributed by atoms with Gasteiger partial charge >= 0.3 is 5.97 Å². The molecule has 0 saturated heterocycles. The molecule has 164 valence electrons. The molecule has 0 radical (unpaired) electrons. The number of hydrogen-bond acceptors (Lipinski definition) is 3. The summed E-state index contributed by atoms with van der Waals surface area (Å²) in [5.41, 5.74) is 2.52. The maximum Gasteiger partial charge on any atom is 0.310 e. The van der Waals surface area contributed by atoms with Crippen LogP contribution in [0, 0.1) is 29.6 Å². The molecule has 6 nitrogen and oxygen atoms in total. The third-order valence-electron chi connectivity index (χ3n) is 8.75. The van der Waals surface area contributed by atoms with Gasteiger partial charge in [-0.15, -0.1) is 0 Å². The van der Waals surface area contributed by atoms with Crippen LogP contribution >= 0.6 is 0 Å². The smallest absolute Gasteiger partial charge is 0.310 e. The zero-order chi connectivity index (χ0) is 21.3. The van der Waals surface area contributed by atoms with Gasteiger partial charge in [0.2, 0.25) is 0 Å². The van der Waals surface area contributed by atoms with E-state index in [9.17, 15) is 14.7 Å². The van der Waals surface area contributed by atoms with E-state index in [1.54, 1.807) is 12.3 Å². The lowest BCUT2D eigenvalue weighted by atomic mass is 9.54. The Balaban J connectivity index is 1.27. The third-order valence-corrected chi connectivity index (χ3v) is 8.75. The van der Waals surface area contributed by atoms with Crippen molar-refractivity contribution in [2.75, 3.05) is 0 Å². The number of carbonyl (C=O) groups is 2. The average Bonchev–Trinajstić information content (AvgIpc) is 3.32. The summed E-state index contributed by atoms with van der Waals surface area (Å²) in [6.45, 7) is 2.20. The minimum Gasteiger partial charge on any atom is -0.481 e. The highest BCUT2D eigenvalue weighted by Crippen LogP contribution is 2.54. The maximum atomic E-state index is 13.5. The molecular weight excluding hydrogens is 390 g/mol. The van der Waals surface area contributed by atoms with E-state index in [2.05, 4.69) is 17.3 Å². The molecule has 1 aromatic rings. The lowest BCUT2D eigenvalue weighted by Gasteiger charge is -2.54. The van der Waals surface area contributed by atoms with Crippen LogP contribution in [0.2, 0.25) is 0 Å². The maximum absolute atomic E-state index is 13.5. The number of amides is 1. The second-order valence-corrected chi connectivity index (χ2v) is 11.0. The summed E-state index contributed by atoms with van der Waals surface area (Å²) in [5, 5.41) is 17.3. The van der Waals surface area contributed by atoms with Crippen LogP contribution in [0.25, 0.3) is 5.70 Å². The highest BCUT2D eigenvalue weighted by atomic mass is 16.4. The quantitative estimate of drug-likeness (QED) is 0.753. The van der Waals surface area contributed by atoms with Crippen molar-refractivity contribution in [1.29, 1.82) is 0 Å². The molecule has 0 spiro atoms. The van der Waals surface area contributed by atoms with E-state index in [0.29, 0.717) is 29.9 Å². The summed E-state index contributed by atoms with van der Waals surface area (Å²) in [5.74, 6) is 1.80. The zero-order valence-corrected chi connectivity index (χ0v) is 18.1. The van der Waals surface area contributed by atoms with E-state index in [1.807, 2.05) is 16.8 Å². The van der Waals surface area contributed by atoms with Crippen LogP contribution in [0.15, 0.2) is 24.4 Å². The predicted octanol–water partition coefficient (Wildman–Crippen LogP) is 3.99. The topological polar surface area (TPSA) is 84.2 Å². The Hall–Kier alpha value is -2.37. The molecule has 1 aromatic heterocycles. The number of nitrogens with zero attached hydrogens (tertiary/aromatic N) is 2. The van der Waals surface area contributed by atoms with E-state index >= 15 is 0 Å². The summed E-state index contributed by atoms with van der Waals surface area (Å²) in [6.07, 6.45) is 16.3. The lowest BCUT2D eigenvalue weighted by molar-refractivity contribution is -0.139. The van der Waals surface area contributed by atoms with Crippen LogP contribution in [0.4, 0.5) is 0 Å². The van der Waals surface area contributed by atoms with E-state index in [0.717, 1.165) is 36.1 Å². The van der Waals surface area contributed by atoms with Crippen molar-refractivity contribution in [3.63, 3.8) is 0 Å². The molecule has 6 aliphatic carbocycles. The van der Waals surface area contributed by atoms with Gasteiger partial charge < -0.3 is 10.4 Å². The number of aliphatic carboxylic acids is 1. The predicted molar refractivity (Wildman–Crippen MR) is 116 cm³/mol. The molecule has 1 heterocycles. The van der Waals surface area contributed by atoms with Gasteiger partial charge in [0.25, 0.3) is 5.91 Å². The van der Waals surface area contributed by atoms with Crippen LogP contribution in [-0.2, 0) is 10.2 Å². The summed E-state index contributed by atoms with van der Waals surface area (Å²) < 4.78 is 1.88. The molecule has 1 unspecified atom stereocenters. The molecule has 2 N–H and O–H groups in total. The molecule has 0 aromatic carbocycles. The van der Waals surface area contributed by atoms with Crippen LogP contribution in [0.1, 0.15) is 74.3 Å². The van der Waals surface area contributed by atoms with Crippen molar-refractivity contribution < 1.29 is 14.7 Å². The normalized spacial score (nSPS) is 36.9. The van der Waals surface area contributed by atoms with Crippen LogP contribution in [0.3, 0.4) is 0 Å². The zero-order valence-electron chi connectivity index (χ0n) is 18.1. The molecule has 7 rings (SSSR count). The van der Waals surface area contributed by atoms with Gasteiger partial charge in [-0.1, -0.05) is 19.1 Å². The van der Waals surface area contributed by atoms with Crippen LogP contribution in [0.5, 0.6) is 0 Å². The molecule has 6 heteroatoms. The van der Waals surface area contributed by atoms with Gasteiger partial charge in [0.05, 0.1) is 29.1 Å². The standard InChI is InChI=1S/C25H31N3O3/c1-25(6-7-25)22-20(13-26-28(22)19-4-2-16(3-5-19)24(30)31)23(29)27-21-17-9-14-8-15(11-17)12-18(21)10-14/h2,4-5,13-18,21H,3,6-12H2,1H3,(H,27,29)(H,30,31). The summed E-state index contributed by atoms with van der Waals surface area (Å²) >= 11 is 0. The van der Waals surface area contributed by atoms with Crippen molar-refractivity contribution in [2.45, 2.75) is 69.7 Å². The van der Waals surface area contributed by atoms with Gasteiger partial charge in [0.15, 0.2) is 0 Å². The van der Waals surface area contributed by atoms with Crippen LogP contribution < -0.4 is 5.32 Å². The van der Waals surface area contributed by atoms with Crippen molar-refractivity contribution in [1.82, 2.24) is 15.1 Å². The number of rotatable bonds is 5. The number of carbonyl (C=O) groups excluding carboxylic acids is 1. The summed E-state index contributed by atoms with van der Waals surface area (Å²) in [4.78, 5) is 24.8. The van der Waals surface area contributed by atoms with Crippen molar-refractivity contribution in [3.05, 3.63) is 35.7 Å². The Morgan fingerprint density at radius 1 is 1.13 bits per heavy atom. The second-order valence-electron chi connectivity index (χ2n) is 11.0. The Morgan fingerprint density at radius 3 is 2.35 bits per heavy atom. The van der Waals surface area contributed by atoms with Gasteiger partial charge in [-0.2, -0.15) is 5.10 Å².